The lowest BCUT2D eigenvalue weighted by Gasteiger charge is -2.22. The van der Waals surface area contributed by atoms with E-state index in [2.05, 4.69) is 10.3 Å². The van der Waals surface area contributed by atoms with E-state index in [0.717, 1.165) is 39.6 Å². The minimum absolute atomic E-state index is 0.0612. The molecule has 0 saturated carbocycles. The van der Waals surface area contributed by atoms with Crippen LogP contribution >= 0.6 is 0 Å². The second-order valence-corrected chi connectivity index (χ2v) is 6.85. The minimum atomic E-state index is -4.60. The van der Waals surface area contributed by atoms with Crippen LogP contribution in [0.4, 0.5) is 13.2 Å². The third-order valence-corrected chi connectivity index (χ3v) is 4.86. The van der Waals surface area contributed by atoms with E-state index >= 15 is 0 Å². The number of rotatable bonds is 6. The topological polar surface area (TPSA) is 89.0 Å². The van der Waals surface area contributed by atoms with Crippen LogP contribution in [-0.4, -0.2) is 34.3 Å². The monoisotopic (exact) mass is 428 g/mol. The number of nitriles is 1. The van der Waals surface area contributed by atoms with Gasteiger partial charge in [0.2, 0.25) is 0 Å². The third kappa shape index (κ3) is 4.86. The molecule has 9 heteroatoms. The van der Waals surface area contributed by atoms with Gasteiger partial charge in [-0.25, -0.2) is 4.90 Å². The Kier molecular flexibility index (Phi) is 6.30. The van der Waals surface area contributed by atoms with Crippen LogP contribution in [0.25, 0.3) is 10.9 Å². The zero-order valence-corrected chi connectivity index (χ0v) is 16.5. The van der Waals surface area contributed by atoms with Crippen LogP contribution < -0.4 is 5.32 Å². The summed E-state index contributed by atoms with van der Waals surface area (Å²) in [5.41, 5.74) is 0.367. The first-order valence-electron chi connectivity index (χ1n) is 9.48. The second kappa shape index (κ2) is 8.92. The number of alkyl halides is 3. The van der Waals surface area contributed by atoms with Crippen LogP contribution in [0.2, 0.25) is 0 Å². The zero-order valence-electron chi connectivity index (χ0n) is 16.5. The molecule has 0 bridgehead atoms. The van der Waals surface area contributed by atoms with Crippen LogP contribution in [0, 0.1) is 11.5 Å². The Morgan fingerprint density at radius 2 is 1.94 bits per heavy atom. The van der Waals surface area contributed by atoms with Crippen molar-refractivity contribution in [3.63, 3.8) is 0 Å². The van der Waals surface area contributed by atoms with E-state index in [-0.39, 0.29) is 18.5 Å². The number of likely N-dealkylation sites (N-methyl/N-ethyl adjacent to an activating group) is 1. The number of nitrogens with one attached hydrogen (secondary N) is 2. The fourth-order valence-electron chi connectivity index (χ4n) is 3.26. The lowest BCUT2D eigenvalue weighted by Crippen LogP contribution is -2.48. The number of hydrogen-bond donors (Lipinski definition) is 2. The molecule has 1 aromatic heterocycles. The first kappa shape index (κ1) is 21.9. The molecule has 0 aliphatic carbocycles. The number of carbonyl (C=O) groups excluding carboxylic acids is 2. The van der Waals surface area contributed by atoms with Crippen molar-refractivity contribution < 1.29 is 22.8 Å². The standard InChI is InChI=1S/C22H19F3N4O2/c1-2-29(13-26)21(31)19(11-15-12-27-18-9-4-3-8-17(15)18)28-20(30)14-6-5-7-16(10-14)22(23,24)25/h3-10,12,19,27H,2,11H2,1H3,(H,28,30). The van der Waals surface area contributed by atoms with Crippen LogP contribution in [0.15, 0.2) is 54.7 Å². The number of amides is 2. The van der Waals surface area contributed by atoms with E-state index in [4.69, 9.17) is 0 Å². The molecular formula is C22H19F3N4O2. The maximum atomic E-state index is 13.0. The van der Waals surface area contributed by atoms with Crippen molar-refractivity contribution in [3.05, 3.63) is 71.4 Å². The van der Waals surface area contributed by atoms with Gasteiger partial charge in [-0.15, -0.1) is 0 Å². The van der Waals surface area contributed by atoms with Gasteiger partial charge in [0.05, 0.1) is 5.56 Å². The molecule has 160 valence electrons. The van der Waals surface area contributed by atoms with E-state index in [1.54, 1.807) is 19.3 Å². The molecule has 0 aliphatic rings. The van der Waals surface area contributed by atoms with E-state index in [9.17, 15) is 28.0 Å². The molecule has 0 saturated heterocycles. The van der Waals surface area contributed by atoms with Gasteiger partial charge in [0.1, 0.15) is 6.04 Å². The van der Waals surface area contributed by atoms with Crippen LogP contribution in [-0.2, 0) is 17.4 Å². The smallest absolute Gasteiger partial charge is 0.361 e. The second-order valence-electron chi connectivity index (χ2n) is 6.85. The molecule has 2 N–H and O–H groups in total. The predicted molar refractivity (Wildman–Crippen MR) is 108 cm³/mol. The summed E-state index contributed by atoms with van der Waals surface area (Å²) in [5.74, 6) is -1.48. The van der Waals surface area contributed by atoms with Crippen molar-refractivity contribution in [2.45, 2.75) is 25.6 Å². The van der Waals surface area contributed by atoms with E-state index in [1.807, 2.05) is 24.3 Å². The minimum Gasteiger partial charge on any atom is -0.361 e. The maximum absolute atomic E-state index is 13.0. The van der Waals surface area contributed by atoms with Gasteiger partial charge < -0.3 is 10.3 Å². The highest BCUT2D eigenvalue weighted by Gasteiger charge is 2.32. The number of H-pyrrole nitrogens is 1. The normalized spacial score (nSPS) is 12.2. The number of benzene rings is 2. The summed E-state index contributed by atoms with van der Waals surface area (Å²) in [6, 6.07) is 10.2. The molecule has 1 heterocycles. The van der Waals surface area contributed by atoms with Crippen molar-refractivity contribution in [3.8, 4) is 6.19 Å². The van der Waals surface area contributed by atoms with E-state index in [1.165, 1.54) is 6.07 Å². The molecule has 31 heavy (non-hydrogen) atoms. The molecular weight excluding hydrogens is 409 g/mol. The number of aromatic nitrogens is 1. The Hall–Kier alpha value is -3.80. The first-order valence-corrected chi connectivity index (χ1v) is 9.48. The van der Waals surface area contributed by atoms with Crippen LogP contribution in [0.1, 0.15) is 28.4 Å². The molecule has 1 atom stereocenters. The Labute approximate surface area is 176 Å². The quantitative estimate of drug-likeness (QED) is 0.462. The lowest BCUT2D eigenvalue weighted by molar-refractivity contribution is -0.137. The summed E-state index contributed by atoms with van der Waals surface area (Å²) in [6.45, 7) is 1.71. The van der Waals surface area contributed by atoms with E-state index in [0.29, 0.717) is 0 Å². The van der Waals surface area contributed by atoms with Crippen molar-refractivity contribution >= 4 is 22.7 Å². The van der Waals surface area contributed by atoms with Gasteiger partial charge in [0.25, 0.3) is 11.8 Å². The molecule has 0 aliphatic heterocycles. The highest BCUT2D eigenvalue weighted by molar-refractivity contribution is 5.98. The Morgan fingerprint density at radius 1 is 1.19 bits per heavy atom. The predicted octanol–water partition coefficient (Wildman–Crippen LogP) is 3.86. The number of nitrogens with zero attached hydrogens (tertiary/aromatic N) is 2. The lowest BCUT2D eigenvalue weighted by atomic mass is 10.0. The van der Waals surface area contributed by atoms with Crippen LogP contribution in [0.3, 0.4) is 0 Å². The van der Waals surface area contributed by atoms with Gasteiger partial charge in [-0.2, -0.15) is 18.4 Å². The molecule has 0 fully saturated rings. The fourth-order valence-corrected chi connectivity index (χ4v) is 3.26. The Morgan fingerprint density at radius 3 is 2.61 bits per heavy atom. The molecule has 6 nitrogen and oxygen atoms in total. The zero-order chi connectivity index (χ0) is 22.6. The average Bonchev–Trinajstić information content (AvgIpc) is 3.16. The summed E-state index contributed by atoms with van der Waals surface area (Å²) < 4.78 is 39.0. The van der Waals surface area contributed by atoms with Gasteiger partial charge in [-0.1, -0.05) is 24.3 Å². The Bertz CT molecular complexity index is 1150. The summed E-state index contributed by atoms with van der Waals surface area (Å²) >= 11 is 0. The van der Waals surface area contributed by atoms with Gasteiger partial charge in [-0.05, 0) is 36.8 Å². The molecule has 2 aromatic carbocycles. The number of para-hydroxylation sites is 1. The SMILES string of the molecule is CCN(C#N)C(=O)C(Cc1c[nH]c2ccccc12)NC(=O)c1cccc(C(F)(F)F)c1. The summed E-state index contributed by atoms with van der Waals surface area (Å²) in [5, 5.41) is 12.6. The highest BCUT2D eigenvalue weighted by Crippen LogP contribution is 2.29. The number of halogens is 3. The molecule has 3 aromatic rings. The molecule has 3 rings (SSSR count). The van der Waals surface area contributed by atoms with E-state index < -0.39 is 29.6 Å². The van der Waals surface area contributed by atoms with Gasteiger partial charge in [0.15, 0.2) is 6.19 Å². The molecule has 2 amide bonds. The summed E-state index contributed by atoms with van der Waals surface area (Å²) in [6.07, 6.45) is -1.08. The van der Waals surface area contributed by atoms with Crippen LogP contribution in [0.5, 0.6) is 0 Å². The van der Waals surface area contributed by atoms with Gasteiger partial charge in [0, 0.05) is 35.6 Å². The molecule has 0 radical (unpaired) electrons. The highest BCUT2D eigenvalue weighted by atomic mass is 19.4. The van der Waals surface area contributed by atoms with Crippen molar-refractivity contribution in [2.75, 3.05) is 6.54 Å². The van der Waals surface area contributed by atoms with Gasteiger partial charge in [-0.3, -0.25) is 9.59 Å². The number of fused-ring (bicyclic) bond motifs is 1. The number of hydrogen-bond acceptors (Lipinski definition) is 3. The van der Waals surface area contributed by atoms with Crippen molar-refractivity contribution in [1.82, 2.24) is 15.2 Å². The van der Waals surface area contributed by atoms with Crippen molar-refractivity contribution in [1.29, 1.82) is 5.26 Å². The molecule has 0 spiro atoms. The average molecular weight is 428 g/mol. The number of aromatic amines is 1. The number of carbonyl (C=O) groups is 2. The maximum Gasteiger partial charge on any atom is 0.416 e. The largest absolute Gasteiger partial charge is 0.416 e. The van der Waals surface area contributed by atoms with Gasteiger partial charge >= 0.3 is 6.18 Å². The Balaban J connectivity index is 1.91. The summed E-state index contributed by atoms with van der Waals surface area (Å²) in [4.78, 5) is 29.5. The third-order valence-electron chi connectivity index (χ3n) is 4.86. The summed E-state index contributed by atoms with van der Waals surface area (Å²) in [7, 11) is 0. The molecule has 1 unspecified atom stereocenters. The fraction of sp³-hybridized carbons (Fsp3) is 0.227. The van der Waals surface area contributed by atoms with Crippen molar-refractivity contribution in [2.24, 2.45) is 0 Å². The first-order chi connectivity index (χ1) is 14.7.